The summed E-state index contributed by atoms with van der Waals surface area (Å²) in [5, 5.41) is 5.62. The van der Waals surface area contributed by atoms with Crippen LogP contribution in [0.2, 0.25) is 5.02 Å². The Morgan fingerprint density at radius 3 is 2.58 bits per heavy atom. The number of piperidine rings is 1. The van der Waals surface area contributed by atoms with E-state index < -0.39 is 0 Å². The van der Waals surface area contributed by atoms with Crippen molar-refractivity contribution in [2.45, 2.75) is 33.1 Å². The van der Waals surface area contributed by atoms with Gasteiger partial charge in [0.2, 0.25) is 0 Å². The van der Waals surface area contributed by atoms with Crippen LogP contribution in [0.15, 0.2) is 30.3 Å². The molecule has 0 bridgehead atoms. The van der Waals surface area contributed by atoms with Crippen LogP contribution in [0.3, 0.4) is 0 Å². The highest BCUT2D eigenvalue weighted by Gasteiger charge is 2.19. The van der Waals surface area contributed by atoms with Crippen molar-refractivity contribution in [3.05, 3.63) is 46.6 Å². The van der Waals surface area contributed by atoms with Gasteiger partial charge in [-0.05, 0) is 45.2 Å². The van der Waals surface area contributed by atoms with Crippen molar-refractivity contribution in [3.8, 4) is 11.3 Å². The first kappa shape index (κ1) is 15.5. The molecule has 24 heavy (non-hydrogen) atoms. The lowest BCUT2D eigenvalue weighted by Crippen LogP contribution is -2.31. The summed E-state index contributed by atoms with van der Waals surface area (Å²) in [6.45, 7) is 6.32. The van der Waals surface area contributed by atoms with Crippen LogP contribution in [-0.2, 0) is 0 Å². The zero-order valence-electron chi connectivity index (χ0n) is 14.1. The van der Waals surface area contributed by atoms with Gasteiger partial charge in [0, 0.05) is 41.0 Å². The minimum atomic E-state index is 0.726. The molecular weight excluding hydrogens is 320 g/mol. The van der Waals surface area contributed by atoms with Crippen molar-refractivity contribution >= 4 is 23.1 Å². The van der Waals surface area contributed by atoms with E-state index in [2.05, 4.69) is 24.8 Å². The van der Waals surface area contributed by atoms with Gasteiger partial charge in [0.15, 0.2) is 5.65 Å². The maximum absolute atomic E-state index is 6.17. The smallest absolute Gasteiger partial charge is 0.161 e. The molecule has 2 aromatic heterocycles. The number of benzene rings is 1. The van der Waals surface area contributed by atoms with Gasteiger partial charge in [-0.3, -0.25) is 0 Å². The van der Waals surface area contributed by atoms with Crippen molar-refractivity contribution < 1.29 is 0 Å². The van der Waals surface area contributed by atoms with E-state index in [9.17, 15) is 0 Å². The van der Waals surface area contributed by atoms with Gasteiger partial charge in [-0.15, -0.1) is 0 Å². The molecule has 4 rings (SSSR count). The maximum Gasteiger partial charge on any atom is 0.161 e. The van der Waals surface area contributed by atoms with Gasteiger partial charge < -0.3 is 4.90 Å². The van der Waals surface area contributed by atoms with Crippen LogP contribution in [0.4, 0.5) is 5.82 Å². The van der Waals surface area contributed by atoms with Gasteiger partial charge in [0.25, 0.3) is 0 Å². The Balaban J connectivity index is 1.91. The summed E-state index contributed by atoms with van der Waals surface area (Å²) in [6, 6.07) is 10.0. The highest BCUT2D eigenvalue weighted by molar-refractivity contribution is 6.30. The molecule has 0 N–H and O–H groups in total. The summed E-state index contributed by atoms with van der Waals surface area (Å²) in [4.78, 5) is 7.17. The van der Waals surface area contributed by atoms with E-state index in [0.717, 1.165) is 52.1 Å². The Morgan fingerprint density at radius 2 is 1.83 bits per heavy atom. The van der Waals surface area contributed by atoms with E-state index in [1.807, 2.05) is 28.8 Å². The molecule has 1 aliphatic rings. The van der Waals surface area contributed by atoms with Crippen molar-refractivity contribution in [1.82, 2.24) is 14.6 Å². The fourth-order valence-corrected chi connectivity index (χ4v) is 3.67. The number of aryl methyl sites for hydroxylation is 2. The standard InChI is InChI=1S/C19H21ClN4/c1-13-11-17(23-9-4-3-5-10-23)24-19(21-13)14(2)18(22-24)15-7-6-8-16(20)12-15/h6-8,11-12H,3-5,9-10H2,1-2H3. The molecule has 0 amide bonds. The fourth-order valence-electron chi connectivity index (χ4n) is 3.48. The predicted octanol–water partition coefficient (Wildman–Crippen LogP) is 4.66. The number of halogens is 1. The lowest BCUT2D eigenvalue weighted by atomic mass is 10.1. The first-order chi connectivity index (χ1) is 11.6. The topological polar surface area (TPSA) is 33.4 Å². The third kappa shape index (κ3) is 2.65. The Labute approximate surface area is 147 Å². The van der Waals surface area contributed by atoms with Gasteiger partial charge in [-0.25, -0.2) is 4.98 Å². The number of nitrogens with zero attached hydrogens (tertiary/aromatic N) is 4. The molecule has 0 spiro atoms. The van der Waals surface area contributed by atoms with E-state index in [1.165, 1.54) is 19.3 Å². The highest BCUT2D eigenvalue weighted by atomic mass is 35.5. The van der Waals surface area contributed by atoms with Crippen LogP contribution in [0.25, 0.3) is 16.9 Å². The number of rotatable bonds is 2. The number of hydrogen-bond acceptors (Lipinski definition) is 3. The van der Waals surface area contributed by atoms with Crippen LogP contribution in [0, 0.1) is 13.8 Å². The number of fused-ring (bicyclic) bond motifs is 1. The van der Waals surface area contributed by atoms with Crippen molar-refractivity contribution in [3.63, 3.8) is 0 Å². The normalized spacial score (nSPS) is 15.2. The highest BCUT2D eigenvalue weighted by Crippen LogP contribution is 2.30. The second kappa shape index (κ2) is 6.10. The Hall–Kier alpha value is -2.07. The molecule has 0 saturated carbocycles. The Morgan fingerprint density at radius 1 is 1.04 bits per heavy atom. The summed E-state index contributed by atoms with van der Waals surface area (Å²) in [6.07, 6.45) is 3.80. The monoisotopic (exact) mass is 340 g/mol. The molecule has 5 heteroatoms. The Kier molecular flexibility index (Phi) is 3.93. The number of anilines is 1. The van der Waals surface area contributed by atoms with Gasteiger partial charge in [-0.2, -0.15) is 9.61 Å². The quantitative estimate of drug-likeness (QED) is 0.680. The van der Waals surface area contributed by atoms with E-state index in [-0.39, 0.29) is 0 Å². The minimum absolute atomic E-state index is 0.726. The van der Waals surface area contributed by atoms with E-state index in [4.69, 9.17) is 21.7 Å². The molecule has 4 nitrogen and oxygen atoms in total. The van der Waals surface area contributed by atoms with Crippen LogP contribution in [-0.4, -0.2) is 27.7 Å². The molecule has 3 heterocycles. The molecule has 1 aromatic carbocycles. The molecule has 0 aliphatic carbocycles. The fraction of sp³-hybridized carbons (Fsp3) is 0.368. The molecule has 0 unspecified atom stereocenters. The molecule has 0 radical (unpaired) electrons. The third-order valence-electron chi connectivity index (χ3n) is 4.71. The van der Waals surface area contributed by atoms with Crippen LogP contribution >= 0.6 is 11.6 Å². The van der Waals surface area contributed by atoms with Gasteiger partial charge >= 0.3 is 0 Å². The lowest BCUT2D eigenvalue weighted by molar-refractivity contribution is 0.568. The summed E-state index contributed by atoms with van der Waals surface area (Å²) < 4.78 is 2.00. The van der Waals surface area contributed by atoms with Gasteiger partial charge in [-0.1, -0.05) is 23.7 Å². The van der Waals surface area contributed by atoms with Crippen molar-refractivity contribution in [2.75, 3.05) is 18.0 Å². The summed E-state index contributed by atoms with van der Waals surface area (Å²) >= 11 is 6.17. The van der Waals surface area contributed by atoms with Crippen LogP contribution in [0.5, 0.6) is 0 Å². The first-order valence-corrected chi connectivity index (χ1v) is 8.89. The summed E-state index contributed by atoms with van der Waals surface area (Å²) in [5.41, 5.74) is 5.05. The van der Waals surface area contributed by atoms with Gasteiger partial charge in [0.05, 0.1) is 5.69 Å². The first-order valence-electron chi connectivity index (χ1n) is 8.51. The van der Waals surface area contributed by atoms with Crippen molar-refractivity contribution in [2.24, 2.45) is 0 Å². The zero-order chi connectivity index (χ0) is 16.7. The number of hydrogen-bond donors (Lipinski definition) is 0. The average Bonchev–Trinajstić information content (AvgIpc) is 2.92. The molecule has 1 saturated heterocycles. The Bertz CT molecular complexity index is 894. The second-order valence-corrected chi connectivity index (χ2v) is 6.96. The maximum atomic E-state index is 6.17. The number of aromatic nitrogens is 3. The van der Waals surface area contributed by atoms with E-state index in [0.29, 0.717) is 0 Å². The molecule has 1 aliphatic heterocycles. The summed E-state index contributed by atoms with van der Waals surface area (Å²) in [5.74, 6) is 1.15. The molecule has 3 aromatic rings. The van der Waals surface area contributed by atoms with Gasteiger partial charge in [0.1, 0.15) is 5.82 Å². The SMILES string of the molecule is Cc1cc(N2CCCCC2)n2nc(-c3cccc(Cl)c3)c(C)c2n1. The lowest BCUT2D eigenvalue weighted by Gasteiger charge is -2.29. The van der Waals surface area contributed by atoms with E-state index in [1.54, 1.807) is 0 Å². The second-order valence-electron chi connectivity index (χ2n) is 6.52. The van der Waals surface area contributed by atoms with Crippen LogP contribution in [0.1, 0.15) is 30.5 Å². The predicted molar refractivity (Wildman–Crippen MR) is 99.0 cm³/mol. The molecule has 0 atom stereocenters. The van der Waals surface area contributed by atoms with Crippen LogP contribution < -0.4 is 4.90 Å². The minimum Gasteiger partial charge on any atom is -0.356 e. The summed E-state index contributed by atoms with van der Waals surface area (Å²) in [7, 11) is 0. The molecule has 1 fully saturated rings. The zero-order valence-corrected chi connectivity index (χ0v) is 14.8. The van der Waals surface area contributed by atoms with E-state index >= 15 is 0 Å². The molecular formula is C19H21ClN4. The van der Waals surface area contributed by atoms with Crippen molar-refractivity contribution in [1.29, 1.82) is 0 Å². The largest absolute Gasteiger partial charge is 0.356 e. The average molecular weight is 341 g/mol. The molecule has 124 valence electrons. The third-order valence-corrected chi connectivity index (χ3v) is 4.94.